The van der Waals surface area contributed by atoms with Gasteiger partial charge in [0.1, 0.15) is 23.9 Å². The number of anilines is 1. The Morgan fingerprint density at radius 3 is 2.42 bits per heavy atom. The summed E-state index contributed by atoms with van der Waals surface area (Å²) in [6.45, 7) is 4.72. The Bertz CT molecular complexity index is 1390. The van der Waals surface area contributed by atoms with Crippen molar-refractivity contribution in [3.05, 3.63) is 59.1 Å². The number of ether oxygens (including phenoxy) is 3. The zero-order chi connectivity index (χ0) is 27.8. The molecule has 0 aliphatic carbocycles. The SMILES string of the molecule is CCOCCOc1cc(Oc2ccc(S(C)(=O)=O)cc2)cc(C(=O)Nc2nc(CP(=O)(O)OCC)cs2)c1. The van der Waals surface area contributed by atoms with Gasteiger partial charge in [-0.15, -0.1) is 11.3 Å². The van der Waals surface area contributed by atoms with Crippen molar-refractivity contribution in [2.75, 3.05) is 38.0 Å². The molecule has 0 fully saturated rings. The van der Waals surface area contributed by atoms with Gasteiger partial charge in [0, 0.05) is 29.9 Å². The molecular formula is C24H29N2O9PS2. The number of amides is 1. The highest BCUT2D eigenvalue weighted by Crippen LogP contribution is 2.45. The Labute approximate surface area is 225 Å². The Morgan fingerprint density at radius 2 is 1.76 bits per heavy atom. The summed E-state index contributed by atoms with van der Waals surface area (Å²) in [4.78, 5) is 27.2. The van der Waals surface area contributed by atoms with Crippen molar-refractivity contribution in [1.82, 2.24) is 4.98 Å². The molecule has 3 rings (SSSR count). The molecule has 38 heavy (non-hydrogen) atoms. The Morgan fingerprint density at radius 1 is 1.05 bits per heavy atom. The number of nitrogens with zero attached hydrogens (tertiary/aromatic N) is 1. The molecule has 206 valence electrons. The number of thiazole rings is 1. The first-order chi connectivity index (χ1) is 18.0. The quantitative estimate of drug-likeness (QED) is 0.201. The number of aromatic nitrogens is 1. The topological polar surface area (TPSA) is 150 Å². The molecule has 2 aromatic carbocycles. The molecule has 1 atom stereocenters. The van der Waals surface area contributed by atoms with Crippen LogP contribution in [0.25, 0.3) is 0 Å². The molecular weight excluding hydrogens is 555 g/mol. The molecule has 1 unspecified atom stereocenters. The normalized spacial score (nSPS) is 13.1. The number of hydrogen-bond acceptors (Lipinski definition) is 10. The molecule has 0 spiro atoms. The fourth-order valence-corrected chi connectivity index (χ4v) is 5.68. The summed E-state index contributed by atoms with van der Waals surface area (Å²) in [5.41, 5.74) is 0.528. The van der Waals surface area contributed by atoms with E-state index in [2.05, 4.69) is 10.3 Å². The van der Waals surface area contributed by atoms with Gasteiger partial charge in [-0.2, -0.15) is 0 Å². The lowest BCUT2D eigenvalue weighted by Gasteiger charge is -2.12. The summed E-state index contributed by atoms with van der Waals surface area (Å²) in [7, 11) is -7.17. The number of benzene rings is 2. The van der Waals surface area contributed by atoms with Crippen LogP contribution in [0.4, 0.5) is 5.13 Å². The van der Waals surface area contributed by atoms with Gasteiger partial charge in [0.2, 0.25) is 0 Å². The largest absolute Gasteiger partial charge is 0.491 e. The molecule has 14 heteroatoms. The number of carbonyl (C=O) groups is 1. The molecule has 1 aromatic heterocycles. The number of rotatable bonds is 14. The minimum atomic E-state index is -3.81. The number of hydrogen-bond donors (Lipinski definition) is 2. The van der Waals surface area contributed by atoms with Gasteiger partial charge in [-0.25, -0.2) is 13.4 Å². The van der Waals surface area contributed by atoms with Crippen molar-refractivity contribution >= 4 is 39.8 Å². The highest BCUT2D eigenvalue weighted by Gasteiger charge is 2.22. The van der Waals surface area contributed by atoms with Gasteiger partial charge < -0.3 is 23.6 Å². The molecule has 1 heterocycles. The van der Waals surface area contributed by atoms with Gasteiger partial charge in [0.05, 0.1) is 30.0 Å². The van der Waals surface area contributed by atoms with E-state index in [0.29, 0.717) is 30.4 Å². The first-order valence-electron chi connectivity index (χ1n) is 11.5. The van der Waals surface area contributed by atoms with Crippen LogP contribution >= 0.6 is 18.9 Å². The minimum absolute atomic E-state index is 0.0940. The lowest BCUT2D eigenvalue weighted by molar-refractivity contribution is 0.102. The van der Waals surface area contributed by atoms with Crippen LogP contribution in [0, 0.1) is 0 Å². The van der Waals surface area contributed by atoms with Gasteiger partial charge in [0.25, 0.3) is 5.91 Å². The summed E-state index contributed by atoms with van der Waals surface area (Å²) in [6, 6.07) is 10.5. The zero-order valence-corrected chi connectivity index (χ0v) is 23.6. The van der Waals surface area contributed by atoms with E-state index in [1.165, 1.54) is 36.4 Å². The minimum Gasteiger partial charge on any atom is -0.491 e. The van der Waals surface area contributed by atoms with Gasteiger partial charge >= 0.3 is 7.60 Å². The predicted molar refractivity (Wildman–Crippen MR) is 143 cm³/mol. The summed E-state index contributed by atoms with van der Waals surface area (Å²) in [5.74, 6) is 0.504. The summed E-state index contributed by atoms with van der Waals surface area (Å²) in [6.07, 6.45) is 0.843. The summed E-state index contributed by atoms with van der Waals surface area (Å²) >= 11 is 1.11. The average molecular weight is 585 g/mol. The standard InChI is InChI=1S/C24H29N2O9PS2/c1-4-32-10-11-33-20-12-17(13-21(14-20)35-19-6-8-22(9-7-19)38(3,30)31)23(27)26-24-25-18(16-37-24)15-36(28,29)34-5-2/h6-9,12-14,16H,4-5,10-11,15H2,1-3H3,(H,28,29)(H,25,26,27). The van der Waals surface area contributed by atoms with Gasteiger partial charge in [-0.3, -0.25) is 14.7 Å². The van der Waals surface area contributed by atoms with Crippen molar-refractivity contribution < 1.29 is 41.4 Å². The van der Waals surface area contributed by atoms with E-state index in [0.717, 1.165) is 17.6 Å². The molecule has 0 radical (unpaired) electrons. The third kappa shape index (κ3) is 9.19. The van der Waals surface area contributed by atoms with Crippen LogP contribution in [0.15, 0.2) is 52.7 Å². The fourth-order valence-electron chi connectivity index (χ4n) is 3.16. The first kappa shape index (κ1) is 29.8. The second kappa shape index (κ2) is 13.3. The van der Waals surface area contributed by atoms with E-state index in [1.54, 1.807) is 18.4 Å². The van der Waals surface area contributed by atoms with Crippen molar-refractivity contribution in [2.24, 2.45) is 0 Å². The Kier molecular flexibility index (Phi) is 10.4. The molecule has 11 nitrogen and oxygen atoms in total. The summed E-state index contributed by atoms with van der Waals surface area (Å²) in [5, 5.41) is 4.48. The van der Waals surface area contributed by atoms with Crippen LogP contribution in [0.2, 0.25) is 0 Å². The molecule has 0 saturated heterocycles. The van der Waals surface area contributed by atoms with Crippen LogP contribution in [-0.2, 0) is 29.8 Å². The van der Waals surface area contributed by atoms with Crippen molar-refractivity contribution in [2.45, 2.75) is 24.9 Å². The van der Waals surface area contributed by atoms with Crippen LogP contribution in [0.5, 0.6) is 17.2 Å². The highest BCUT2D eigenvalue weighted by atomic mass is 32.2. The van der Waals surface area contributed by atoms with E-state index >= 15 is 0 Å². The zero-order valence-electron chi connectivity index (χ0n) is 21.1. The molecule has 1 amide bonds. The number of nitrogens with one attached hydrogen (secondary N) is 1. The lowest BCUT2D eigenvalue weighted by atomic mass is 10.2. The predicted octanol–water partition coefficient (Wildman–Crippen LogP) is 4.73. The van der Waals surface area contributed by atoms with E-state index < -0.39 is 23.3 Å². The maximum Gasteiger partial charge on any atom is 0.334 e. The van der Waals surface area contributed by atoms with Gasteiger partial charge in [-0.1, -0.05) is 0 Å². The van der Waals surface area contributed by atoms with Gasteiger partial charge in [0.15, 0.2) is 15.0 Å². The summed E-state index contributed by atoms with van der Waals surface area (Å²) < 4.78 is 57.2. The third-order valence-corrected chi connectivity index (χ3v) is 8.12. The van der Waals surface area contributed by atoms with Gasteiger partial charge in [-0.05, 0) is 50.2 Å². The first-order valence-corrected chi connectivity index (χ1v) is 16.1. The van der Waals surface area contributed by atoms with Crippen LogP contribution < -0.4 is 14.8 Å². The molecule has 0 aliphatic rings. The maximum absolute atomic E-state index is 13.0. The number of carbonyl (C=O) groups excluding carboxylic acids is 1. The molecule has 2 N–H and O–H groups in total. The van der Waals surface area contributed by atoms with Crippen molar-refractivity contribution in [1.29, 1.82) is 0 Å². The maximum atomic E-state index is 13.0. The second-order valence-corrected chi connectivity index (χ2v) is 12.6. The Hall–Kier alpha value is -2.80. The molecule has 3 aromatic rings. The van der Waals surface area contributed by atoms with Crippen molar-refractivity contribution in [3.63, 3.8) is 0 Å². The monoisotopic (exact) mass is 584 g/mol. The Balaban J connectivity index is 1.79. The second-order valence-electron chi connectivity index (χ2n) is 7.90. The molecule has 0 saturated carbocycles. The van der Waals surface area contributed by atoms with E-state index in [4.69, 9.17) is 18.7 Å². The van der Waals surface area contributed by atoms with Crippen molar-refractivity contribution in [3.8, 4) is 17.2 Å². The van der Waals surface area contributed by atoms with E-state index in [1.807, 2.05) is 6.92 Å². The van der Waals surface area contributed by atoms with E-state index in [-0.39, 0.29) is 40.7 Å². The highest BCUT2D eigenvalue weighted by molar-refractivity contribution is 7.90. The number of sulfone groups is 1. The fraction of sp³-hybridized carbons (Fsp3) is 0.333. The molecule has 0 aliphatic heterocycles. The lowest BCUT2D eigenvalue weighted by Crippen LogP contribution is -2.13. The van der Waals surface area contributed by atoms with Crippen LogP contribution in [0.1, 0.15) is 29.9 Å². The third-order valence-electron chi connectivity index (χ3n) is 4.80. The van der Waals surface area contributed by atoms with Crippen LogP contribution in [-0.4, -0.2) is 56.9 Å². The smallest absolute Gasteiger partial charge is 0.334 e. The molecule has 0 bridgehead atoms. The van der Waals surface area contributed by atoms with Crippen LogP contribution in [0.3, 0.4) is 0 Å². The average Bonchev–Trinajstić information content (AvgIpc) is 3.27. The van der Waals surface area contributed by atoms with E-state index in [9.17, 15) is 22.7 Å².